The van der Waals surface area contributed by atoms with E-state index in [2.05, 4.69) is 10.4 Å². The van der Waals surface area contributed by atoms with Gasteiger partial charge in [0, 0.05) is 13.1 Å². The smallest absolute Gasteiger partial charge is 0.280 e. The van der Waals surface area contributed by atoms with E-state index in [-0.39, 0.29) is 5.82 Å². The quantitative estimate of drug-likeness (QED) is 0.672. The molecule has 29 heavy (non-hydrogen) atoms. The molecule has 0 spiro atoms. The van der Waals surface area contributed by atoms with Crippen molar-refractivity contribution >= 4 is 17.6 Å². The van der Waals surface area contributed by atoms with Crippen LogP contribution in [0.1, 0.15) is 29.2 Å². The lowest BCUT2D eigenvalue weighted by atomic mass is 9.84. The van der Waals surface area contributed by atoms with Crippen LogP contribution in [0.25, 0.3) is 0 Å². The number of aliphatic hydroxyl groups is 1. The van der Waals surface area contributed by atoms with Gasteiger partial charge in [0.15, 0.2) is 11.4 Å². The zero-order valence-electron chi connectivity index (χ0n) is 16.6. The van der Waals surface area contributed by atoms with Gasteiger partial charge in [0.05, 0.1) is 0 Å². The Balaban J connectivity index is 2.08. The maximum atomic E-state index is 13.4. The van der Waals surface area contributed by atoms with Gasteiger partial charge < -0.3 is 5.11 Å². The highest BCUT2D eigenvalue weighted by Crippen LogP contribution is 2.31. The molecule has 6 nitrogen and oxygen atoms in total. The number of hydrogen-bond donors (Lipinski definition) is 2. The molecule has 0 fully saturated rings. The first-order valence-electron chi connectivity index (χ1n) is 9.22. The molecule has 2 aromatic carbocycles. The maximum Gasteiger partial charge on any atom is 0.280 e. The Labute approximate surface area is 169 Å². The third-order valence-electron chi connectivity index (χ3n) is 4.61. The van der Waals surface area contributed by atoms with E-state index < -0.39 is 17.4 Å². The molecule has 0 unspecified atom stereocenters. The topological polar surface area (TPSA) is 82.5 Å². The van der Waals surface area contributed by atoms with Crippen molar-refractivity contribution in [3.05, 3.63) is 95.2 Å². The summed E-state index contributed by atoms with van der Waals surface area (Å²) in [7, 11) is 0. The molecule has 0 atom stereocenters. The second kappa shape index (κ2) is 8.24. The first-order valence-corrected chi connectivity index (χ1v) is 9.22. The van der Waals surface area contributed by atoms with Crippen molar-refractivity contribution in [2.45, 2.75) is 26.4 Å². The molecule has 148 valence electrons. The van der Waals surface area contributed by atoms with Crippen LogP contribution in [0, 0.1) is 13.8 Å². The minimum absolute atomic E-state index is 0.254. The maximum absolute atomic E-state index is 13.4. The molecule has 0 aliphatic rings. The summed E-state index contributed by atoms with van der Waals surface area (Å²) < 4.78 is 0. The number of carbonyl (C=O) groups excluding carboxylic acids is 2. The number of aromatic nitrogens is 1. The van der Waals surface area contributed by atoms with E-state index in [0.717, 1.165) is 16.1 Å². The van der Waals surface area contributed by atoms with Crippen LogP contribution in [0.4, 0.5) is 5.82 Å². The van der Waals surface area contributed by atoms with Gasteiger partial charge in [-0.3, -0.25) is 15.0 Å². The number of carbonyl (C=O) groups is 2. The highest BCUT2D eigenvalue weighted by molar-refractivity contribution is 5.98. The molecular weight excluding hydrogens is 366 g/mol. The van der Waals surface area contributed by atoms with Crippen LogP contribution in [0.2, 0.25) is 0 Å². The molecule has 3 aromatic rings. The number of aryl methyl sites for hydroxylation is 2. The second-order valence-corrected chi connectivity index (χ2v) is 6.93. The fourth-order valence-corrected chi connectivity index (χ4v) is 3.13. The molecule has 6 heteroatoms. The first-order chi connectivity index (χ1) is 13.8. The Kier molecular flexibility index (Phi) is 5.75. The summed E-state index contributed by atoms with van der Waals surface area (Å²) in [5.74, 6) is -0.938. The van der Waals surface area contributed by atoms with Crippen LogP contribution >= 0.6 is 0 Å². The molecule has 0 aliphatic heterocycles. The van der Waals surface area contributed by atoms with Gasteiger partial charge >= 0.3 is 0 Å². The lowest BCUT2D eigenvalue weighted by Gasteiger charge is -2.31. The third kappa shape index (κ3) is 4.17. The molecule has 0 saturated heterocycles. The largest absolute Gasteiger partial charge is 0.372 e. The number of anilines is 1. The van der Waals surface area contributed by atoms with Crippen molar-refractivity contribution in [2.24, 2.45) is 0 Å². The Bertz CT molecular complexity index is 989. The van der Waals surface area contributed by atoms with E-state index in [1.807, 2.05) is 26.0 Å². The van der Waals surface area contributed by atoms with E-state index in [1.165, 1.54) is 13.1 Å². The molecule has 3 rings (SSSR count). The summed E-state index contributed by atoms with van der Waals surface area (Å²) >= 11 is 0. The van der Waals surface area contributed by atoms with E-state index in [0.29, 0.717) is 11.1 Å². The average molecular weight is 389 g/mol. The van der Waals surface area contributed by atoms with Crippen molar-refractivity contribution in [1.29, 1.82) is 0 Å². The zero-order chi connectivity index (χ0) is 21.0. The Hall–Kier alpha value is -3.51. The lowest BCUT2D eigenvalue weighted by Crippen LogP contribution is -2.54. The van der Waals surface area contributed by atoms with Crippen LogP contribution in [0.3, 0.4) is 0 Å². The van der Waals surface area contributed by atoms with Crippen LogP contribution in [0.5, 0.6) is 0 Å². The van der Waals surface area contributed by atoms with Crippen LogP contribution < -0.4 is 10.4 Å². The number of nitrogens with one attached hydrogen (secondary N) is 1. The van der Waals surface area contributed by atoms with Gasteiger partial charge in [-0.15, -0.1) is 0 Å². The van der Waals surface area contributed by atoms with Gasteiger partial charge in [-0.25, -0.2) is 9.99 Å². The van der Waals surface area contributed by atoms with Gasteiger partial charge in [-0.05, 0) is 37.1 Å². The number of amides is 2. The van der Waals surface area contributed by atoms with Crippen molar-refractivity contribution in [3.8, 4) is 0 Å². The van der Waals surface area contributed by atoms with Gasteiger partial charge in [0.2, 0.25) is 5.91 Å². The Morgan fingerprint density at radius 1 is 0.931 bits per heavy atom. The monoisotopic (exact) mass is 389 g/mol. The summed E-state index contributed by atoms with van der Waals surface area (Å²) in [6.07, 6.45) is 1.52. The third-order valence-corrected chi connectivity index (χ3v) is 4.61. The summed E-state index contributed by atoms with van der Waals surface area (Å²) in [5.41, 5.74) is 3.15. The van der Waals surface area contributed by atoms with Crippen LogP contribution in [0.15, 0.2) is 72.9 Å². The standard InChI is InChI=1S/C23H23N3O3/c1-16-8-6-10-19(14-16)23(29,20-11-7-9-17(2)15-20)22(28)25-26(18(3)27)21-12-4-5-13-24-21/h4-15,29H,1-3H3,(H,25,28). The second-order valence-electron chi connectivity index (χ2n) is 6.93. The minimum atomic E-state index is -2.00. The minimum Gasteiger partial charge on any atom is -0.372 e. The molecule has 0 aliphatic carbocycles. The average Bonchev–Trinajstić information content (AvgIpc) is 2.71. The van der Waals surface area contributed by atoms with Gasteiger partial charge in [0.25, 0.3) is 5.91 Å². The van der Waals surface area contributed by atoms with E-state index in [1.54, 1.807) is 54.6 Å². The van der Waals surface area contributed by atoms with Crippen molar-refractivity contribution < 1.29 is 14.7 Å². The van der Waals surface area contributed by atoms with Crippen molar-refractivity contribution in [2.75, 3.05) is 5.01 Å². The highest BCUT2D eigenvalue weighted by Gasteiger charge is 2.41. The summed E-state index contributed by atoms with van der Waals surface area (Å²) in [6.45, 7) is 5.08. The SMILES string of the molecule is CC(=O)N(NC(=O)C(O)(c1cccc(C)c1)c1cccc(C)c1)c1ccccn1. The summed E-state index contributed by atoms with van der Waals surface area (Å²) in [5, 5.41) is 12.7. The number of pyridine rings is 1. The van der Waals surface area contributed by atoms with E-state index >= 15 is 0 Å². The molecule has 2 amide bonds. The summed E-state index contributed by atoms with van der Waals surface area (Å²) in [4.78, 5) is 29.7. The number of hydrazine groups is 1. The molecular formula is C23H23N3O3. The van der Waals surface area contributed by atoms with E-state index in [4.69, 9.17) is 0 Å². The fraction of sp³-hybridized carbons (Fsp3) is 0.174. The van der Waals surface area contributed by atoms with Gasteiger partial charge in [-0.1, -0.05) is 65.7 Å². The van der Waals surface area contributed by atoms with Crippen LogP contribution in [-0.4, -0.2) is 21.9 Å². The molecule has 2 N–H and O–H groups in total. The molecule has 0 radical (unpaired) electrons. The molecule has 0 saturated carbocycles. The molecule has 0 bridgehead atoms. The number of nitrogens with zero attached hydrogens (tertiary/aromatic N) is 2. The Morgan fingerprint density at radius 2 is 1.52 bits per heavy atom. The van der Waals surface area contributed by atoms with Gasteiger partial charge in [0.1, 0.15) is 0 Å². The predicted molar refractivity (Wildman–Crippen MR) is 111 cm³/mol. The van der Waals surface area contributed by atoms with Crippen LogP contribution in [-0.2, 0) is 15.2 Å². The highest BCUT2D eigenvalue weighted by atomic mass is 16.3. The van der Waals surface area contributed by atoms with E-state index in [9.17, 15) is 14.7 Å². The van der Waals surface area contributed by atoms with Crippen molar-refractivity contribution in [3.63, 3.8) is 0 Å². The first kappa shape index (κ1) is 20.2. The zero-order valence-corrected chi connectivity index (χ0v) is 16.6. The summed E-state index contributed by atoms with van der Waals surface area (Å²) in [6, 6.07) is 19.2. The van der Waals surface area contributed by atoms with Gasteiger partial charge in [-0.2, -0.15) is 0 Å². The molecule has 1 heterocycles. The fourth-order valence-electron chi connectivity index (χ4n) is 3.13. The lowest BCUT2D eigenvalue weighted by molar-refractivity contribution is -0.138. The van der Waals surface area contributed by atoms with Crippen molar-refractivity contribution in [1.82, 2.24) is 10.4 Å². The molecule has 1 aromatic heterocycles. The normalized spacial score (nSPS) is 11.0. The Morgan fingerprint density at radius 3 is 1.97 bits per heavy atom. The number of hydrogen-bond acceptors (Lipinski definition) is 4. The number of rotatable bonds is 4. The predicted octanol–water partition coefficient (Wildman–Crippen LogP) is 3.02. The number of benzene rings is 2.